The Labute approximate surface area is 139 Å². The average molecular weight is 321 g/mol. The van der Waals surface area contributed by atoms with Gasteiger partial charge in [0.25, 0.3) is 0 Å². The van der Waals surface area contributed by atoms with E-state index in [9.17, 15) is 4.79 Å². The summed E-state index contributed by atoms with van der Waals surface area (Å²) >= 11 is 0. The molecule has 5 rings (SSSR count). The van der Waals surface area contributed by atoms with Crippen molar-refractivity contribution in [1.29, 1.82) is 0 Å². The fraction of sp³-hybridized carbons (Fsp3) is 0.944. The molecule has 1 amide bonds. The molecule has 1 N–H and O–H groups in total. The minimum atomic E-state index is -0.180. The summed E-state index contributed by atoms with van der Waals surface area (Å²) in [6.45, 7) is 5.76. The summed E-state index contributed by atoms with van der Waals surface area (Å²) < 4.78 is 5.51. The van der Waals surface area contributed by atoms with Gasteiger partial charge < -0.3 is 15.0 Å². The Morgan fingerprint density at radius 1 is 1.04 bits per heavy atom. The van der Waals surface area contributed by atoms with Gasteiger partial charge in [-0.2, -0.15) is 0 Å². The number of carbonyl (C=O) groups is 1. The number of amides is 1. The zero-order chi connectivity index (χ0) is 15.9. The van der Waals surface area contributed by atoms with Gasteiger partial charge in [0.15, 0.2) is 0 Å². The topological polar surface area (TPSA) is 44.8 Å². The molecule has 5 nitrogen and oxygen atoms in total. The Kier molecular flexibility index (Phi) is 4.26. The zero-order valence-corrected chi connectivity index (χ0v) is 14.4. The van der Waals surface area contributed by atoms with Gasteiger partial charge in [0.2, 0.25) is 0 Å². The summed E-state index contributed by atoms with van der Waals surface area (Å²) in [4.78, 5) is 17.0. The Bertz CT molecular complexity index is 410. The lowest BCUT2D eigenvalue weighted by atomic mass is 9.53. The third-order valence-corrected chi connectivity index (χ3v) is 6.64. The lowest BCUT2D eigenvalue weighted by Gasteiger charge is -2.56. The van der Waals surface area contributed by atoms with Crippen LogP contribution in [-0.2, 0) is 4.74 Å². The first-order valence-electron chi connectivity index (χ1n) is 9.46. The van der Waals surface area contributed by atoms with Crippen LogP contribution in [0.3, 0.4) is 0 Å². The average Bonchev–Trinajstić information content (AvgIpc) is 2.47. The van der Waals surface area contributed by atoms with Crippen LogP contribution in [0.4, 0.5) is 4.79 Å². The summed E-state index contributed by atoms with van der Waals surface area (Å²) in [6.07, 6.45) is 7.59. The number of piperazine rings is 1. The molecule has 4 saturated carbocycles. The van der Waals surface area contributed by atoms with E-state index in [1.807, 2.05) is 0 Å². The second kappa shape index (κ2) is 6.25. The number of carbonyl (C=O) groups excluding carboxylic acids is 1. The molecule has 0 aromatic carbocycles. The molecule has 4 bridgehead atoms. The molecule has 4 aliphatic carbocycles. The van der Waals surface area contributed by atoms with Crippen LogP contribution in [0.1, 0.15) is 38.5 Å². The van der Waals surface area contributed by atoms with E-state index in [1.54, 1.807) is 0 Å². The van der Waals surface area contributed by atoms with Crippen molar-refractivity contribution in [2.75, 3.05) is 46.4 Å². The second-order valence-corrected chi connectivity index (χ2v) is 8.60. The number of hydrogen-bond acceptors (Lipinski definition) is 4. The summed E-state index contributed by atoms with van der Waals surface area (Å²) in [7, 11) is 2.16. The first-order valence-corrected chi connectivity index (χ1v) is 9.46. The highest BCUT2D eigenvalue weighted by molar-refractivity contribution is 5.68. The van der Waals surface area contributed by atoms with Gasteiger partial charge in [0, 0.05) is 38.3 Å². The van der Waals surface area contributed by atoms with E-state index in [0.717, 1.165) is 50.5 Å². The molecule has 1 aliphatic heterocycles. The van der Waals surface area contributed by atoms with Gasteiger partial charge in [-0.15, -0.1) is 0 Å². The molecule has 0 aromatic rings. The van der Waals surface area contributed by atoms with Crippen molar-refractivity contribution in [3.63, 3.8) is 0 Å². The van der Waals surface area contributed by atoms with Gasteiger partial charge in [-0.05, 0) is 63.3 Å². The van der Waals surface area contributed by atoms with E-state index in [2.05, 4.69) is 22.2 Å². The van der Waals surface area contributed by atoms with Gasteiger partial charge in [-0.1, -0.05) is 0 Å². The number of nitrogens with zero attached hydrogens (tertiary/aromatic N) is 2. The van der Waals surface area contributed by atoms with Crippen LogP contribution >= 0.6 is 0 Å². The van der Waals surface area contributed by atoms with Crippen molar-refractivity contribution < 1.29 is 9.53 Å². The van der Waals surface area contributed by atoms with Gasteiger partial charge >= 0.3 is 6.09 Å². The van der Waals surface area contributed by atoms with Crippen LogP contribution in [0.25, 0.3) is 0 Å². The molecule has 0 aromatic heterocycles. The molecule has 0 atom stereocenters. The van der Waals surface area contributed by atoms with Crippen LogP contribution in [0.5, 0.6) is 0 Å². The fourth-order valence-corrected chi connectivity index (χ4v) is 5.86. The Morgan fingerprint density at radius 2 is 1.61 bits per heavy atom. The van der Waals surface area contributed by atoms with Crippen LogP contribution in [0.15, 0.2) is 0 Å². The summed E-state index contributed by atoms with van der Waals surface area (Å²) in [5.41, 5.74) is 0.0691. The van der Waals surface area contributed by atoms with Gasteiger partial charge in [0.1, 0.15) is 6.61 Å². The molecule has 1 heterocycles. The summed E-state index contributed by atoms with van der Waals surface area (Å²) in [6, 6.07) is 0. The highest BCUT2D eigenvalue weighted by atomic mass is 16.5. The smallest absolute Gasteiger partial charge is 0.407 e. The molecular weight excluding hydrogens is 290 g/mol. The Balaban J connectivity index is 1.21. The number of alkyl carbamates (subject to hydrolysis) is 1. The van der Waals surface area contributed by atoms with Crippen LogP contribution in [0, 0.1) is 17.8 Å². The number of likely N-dealkylation sites (N-methyl/N-ethyl adjacent to an activating group) is 1. The van der Waals surface area contributed by atoms with Crippen molar-refractivity contribution in [3.8, 4) is 0 Å². The molecule has 0 spiro atoms. The first kappa shape index (κ1) is 15.7. The second-order valence-electron chi connectivity index (χ2n) is 8.60. The molecule has 0 radical (unpaired) electrons. The molecule has 5 fully saturated rings. The van der Waals surface area contributed by atoms with E-state index < -0.39 is 0 Å². The predicted molar refractivity (Wildman–Crippen MR) is 89.3 cm³/mol. The third kappa shape index (κ3) is 3.50. The highest BCUT2D eigenvalue weighted by Gasteiger charge is 2.51. The van der Waals surface area contributed by atoms with Crippen molar-refractivity contribution in [1.82, 2.24) is 15.1 Å². The summed E-state index contributed by atoms with van der Waals surface area (Å²) in [5.74, 6) is 2.56. The van der Waals surface area contributed by atoms with Crippen molar-refractivity contribution in [2.45, 2.75) is 44.1 Å². The Hall–Kier alpha value is -0.810. The van der Waals surface area contributed by atoms with Crippen LogP contribution in [0.2, 0.25) is 0 Å². The molecule has 0 unspecified atom stereocenters. The summed E-state index contributed by atoms with van der Waals surface area (Å²) in [5, 5.41) is 3.28. The minimum Gasteiger partial charge on any atom is -0.448 e. The van der Waals surface area contributed by atoms with E-state index in [0.29, 0.717) is 6.61 Å². The zero-order valence-electron chi connectivity index (χ0n) is 14.4. The van der Waals surface area contributed by atoms with E-state index >= 15 is 0 Å². The number of nitrogens with one attached hydrogen (secondary N) is 1. The number of rotatable bonds is 4. The van der Waals surface area contributed by atoms with E-state index in [-0.39, 0.29) is 11.6 Å². The van der Waals surface area contributed by atoms with Crippen molar-refractivity contribution >= 4 is 6.09 Å². The number of hydrogen-bond donors (Lipinski definition) is 1. The van der Waals surface area contributed by atoms with Crippen LogP contribution < -0.4 is 5.32 Å². The maximum Gasteiger partial charge on any atom is 0.407 e. The predicted octanol–water partition coefficient (Wildman–Crippen LogP) is 1.93. The maximum atomic E-state index is 12.3. The largest absolute Gasteiger partial charge is 0.448 e. The third-order valence-electron chi connectivity index (χ3n) is 6.64. The molecule has 130 valence electrons. The highest BCUT2D eigenvalue weighted by Crippen LogP contribution is 2.55. The molecule has 5 heteroatoms. The molecular formula is C18H31N3O2. The molecule has 5 aliphatic rings. The lowest BCUT2D eigenvalue weighted by molar-refractivity contribution is -0.0196. The minimum absolute atomic E-state index is 0.0691. The standard InChI is InChI=1S/C18H31N3O2/c1-20-2-4-21(5-3-20)6-7-23-17(22)19-18-11-14-8-15(12-18)10-16(9-14)13-18/h14-16H,2-13H2,1H3,(H,19,22). The van der Waals surface area contributed by atoms with E-state index in [1.165, 1.54) is 38.5 Å². The van der Waals surface area contributed by atoms with Gasteiger partial charge in [0.05, 0.1) is 0 Å². The van der Waals surface area contributed by atoms with Crippen molar-refractivity contribution in [2.24, 2.45) is 17.8 Å². The SMILES string of the molecule is CN1CCN(CCOC(=O)NC23CC4CC(CC(C4)C2)C3)CC1. The fourth-order valence-electron chi connectivity index (χ4n) is 5.86. The van der Waals surface area contributed by atoms with Gasteiger partial charge in [-0.3, -0.25) is 4.90 Å². The maximum absolute atomic E-state index is 12.3. The molecule has 23 heavy (non-hydrogen) atoms. The number of ether oxygens (including phenoxy) is 1. The molecule has 1 saturated heterocycles. The monoisotopic (exact) mass is 321 g/mol. The van der Waals surface area contributed by atoms with Crippen molar-refractivity contribution in [3.05, 3.63) is 0 Å². The van der Waals surface area contributed by atoms with Crippen LogP contribution in [-0.4, -0.2) is 67.8 Å². The quantitative estimate of drug-likeness (QED) is 0.859. The van der Waals surface area contributed by atoms with E-state index in [4.69, 9.17) is 4.74 Å². The van der Waals surface area contributed by atoms with Gasteiger partial charge in [-0.25, -0.2) is 4.79 Å². The Morgan fingerprint density at radius 3 is 2.17 bits per heavy atom. The lowest BCUT2D eigenvalue weighted by Crippen LogP contribution is -2.60. The first-order chi connectivity index (χ1) is 11.1. The normalized spacial score (nSPS) is 40.3.